The molecule has 7 heteroatoms. The molecule has 17 heavy (non-hydrogen) atoms. The van der Waals surface area contributed by atoms with Crippen molar-refractivity contribution in [1.29, 1.82) is 5.26 Å². The largest absolute Gasteiger partial charge is 0.359 e. The number of halogens is 2. The van der Waals surface area contributed by atoms with Crippen LogP contribution in [0.2, 0.25) is 0 Å². The third-order valence-corrected chi connectivity index (χ3v) is 2.45. The molecule has 1 aliphatic rings. The van der Waals surface area contributed by atoms with Gasteiger partial charge in [-0.2, -0.15) is 5.26 Å². The summed E-state index contributed by atoms with van der Waals surface area (Å²) in [5.41, 5.74) is 0.0976. The van der Waals surface area contributed by atoms with Gasteiger partial charge in [-0.15, -0.1) is 0 Å². The van der Waals surface area contributed by atoms with E-state index in [4.69, 9.17) is 5.26 Å². The minimum absolute atomic E-state index is 0.0874. The molecule has 0 N–H and O–H groups in total. The van der Waals surface area contributed by atoms with Crippen molar-refractivity contribution in [1.82, 2.24) is 0 Å². The van der Waals surface area contributed by atoms with Crippen LogP contribution in [0.25, 0.3) is 0 Å². The first kappa shape index (κ1) is 11.3. The third-order valence-electron chi connectivity index (χ3n) is 2.45. The molecule has 0 aliphatic carbocycles. The standard InChI is InChI=1S/C10H7F2N3O2/c11-10(12)5-14(6-10)8-1-7(4-13)2-9(3-8)15(16)17/h1-3H,5-6H2. The van der Waals surface area contributed by atoms with E-state index in [9.17, 15) is 18.9 Å². The highest BCUT2D eigenvalue weighted by molar-refractivity contribution is 5.60. The maximum Gasteiger partial charge on any atom is 0.282 e. The van der Waals surface area contributed by atoms with Gasteiger partial charge < -0.3 is 4.90 Å². The van der Waals surface area contributed by atoms with Gasteiger partial charge >= 0.3 is 0 Å². The minimum atomic E-state index is -2.75. The van der Waals surface area contributed by atoms with Gasteiger partial charge in [-0.1, -0.05) is 0 Å². The molecule has 1 aliphatic heterocycles. The van der Waals surface area contributed by atoms with Crippen molar-refractivity contribution >= 4 is 11.4 Å². The number of nitriles is 1. The van der Waals surface area contributed by atoms with Crippen LogP contribution in [0.5, 0.6) is 0 Å². The number of benzene rings is 1. The molecule has 0 saturated carbocycles. The number of nitro benzene ring substituents is 1. The molecule has 0 bridgehead atoms. The molecule has 0 atom stereocenters. The molecule has 1 heterocycles. The Morgan fingerprint density at radius 1 is 1.41 bits per heavy atom. The predicted octanol–water partition coefficient (Wildman–Crippen LogP) is 1.92. The number of hydrogen-bond donors (Lipinski definition) is 0. The van der Waals surface area contributed by atoms with Gasteiger partial charge in [-0.05, 0) is 6.07 Å². The second-order valence-electron chi connectivity index (χ2n) is 3.82. The quantitative estimate of drug-likeness (QED) is 0.584. The molecule has 0 aromatic heterocycles. The summed E-state index contributed by atoms with van der Waals surface area (Å²) in [4.78, 5) is 11.3. The lowest BCUT2D eigenvalue weighted by molar-refractivity contribution is -0.384. The summed E-state index contributed by atoms with van der Waals surface area (Å²) >= 11 is 0. The summed E-state index contributed by atoms with van der Waals surface area (Å²) in [5.74, 6) is -2.75. The van der Waals surface area contributed by atoms with E-state index >= 15 is 0 Å². The highest BCUT2D eigenvalue weighted by Gasteiger charge is 2.44. The summed E-state index contributed by atoms with van der Waals surface area (Å²) in [6, 6.07) is 5.43. The molecule has 1 fully saturated rings. The molecule has 0 radical (unpaired) electrons. The maximum atomic E-state index is 12.7. The average Bonchev–Trinajstić information content (AvgIpc) is 2.25. The highest BCUT2D eigenvalue weighted by atomic mass is 19.3. The van der Waals surface area contributed by atoms with E-state index in [1.54, 1.807) is 6.07 Å². The number of hydrogen-bond acceptors (Lipinski definition) is 4. The predicted molar refractivity (Wildman–Crippen MR) is 55.0 cm³/mol. The van der Waals surface area contributed by atoms with Crippen LogP contribution in [-0.4, -0.2) is 23.9 Å². The zero-order valence-corrected chi connectivity index (χ0v) is 8.56. The van der Waals surface area contributed by atoms with Crippen molar-refractivity contribution in [3.05, 3.63) is 33.9 Å². The number of nitro groups is 1. The zero-order chi connectivity index (χ0) is 12.6. The first-order valence-electron chi connectivity index (χ1n) is 4.74. The summed E-state index contributed by atoms with van der Waals surface area (Å²) in [5, 5.41) is 19.3. The fourth-order valence-corrected chi connectivity index (χ4v) is 1.64. The van der Waals surface area contributed by atoms with Crippen LogP contribution in [0.15, 0.2) is 18.2 Å². The Kier molecular flexibility index (Phi) is 2.42. The van der Waals surface area contributed by atoms with Crippen molar-refractivity contribution in [2.45, 2.75) is 5.92 Å². The van der Waals surface area contributed by atoms with E-state index in [1.807, 2.05) is 0 Å². The lowest BCUT2D eigenvalue weighted by Gasteiger charge is -2.40. The van der Waals surface area contributed by atoms with Crippen molar-refractivity contribution in [2.24, 2.45) is 0 Å². The molecule has 88 valence electrons. The lowest BCUT2D eigenvalue weighted by Crippen LogP contribution is -2.56. The lowest BCUT2D eigenvalue weighted by atomic mass is 10.1. The topological polar surface area (TPSA) is 70.2 Å². The third kappa shape index (κ3) is 2.15. The Balaban J connectivity index is 2.32. The van der Waals surface area contributed by atoms with E-state index in [2.05, 4.69) is 0 Å². The van der Waals surface area contributed by atoms with Gasteiger partial charge in [0.1, 0.15) is 0 Å². The molecule has 5 nitrogen and oxygen atoms in total. The number of nitrogens with zero attached hydrogens (tertiary/aromatic N) is 3. The van der Waals surface area contributed by atoms with E-state index < -0.39 is 23.9 Å². The van der Waals surface area contributed by atoms with Gasteiger partial charge in [-0.25, -0.2) is 8.78 Å². The first-order chi connectivity index (χ1) is 7.91. The molecule has 1 aromatic rings. The first-order valence-corrected chi connectivity index (χ1v) is 4.74. The van der Waals surface area contributed by atoms with Crippen LogP contribution in [0.3, 0.4) is 0 Å². The Morgan fingerprint density at radius 2 is 2.06 bits per heavy atom. The van der Waals surface area contributed by atoms with E-state index in [0.717, 1.165) is 6.07 Å². The summed E-state index contributed by atoms with van der Waals surface area (Å²) in [6.07, 6.45) is 0. The van der Waals surface area contributed by atoms with Crippen LogP contribution in [0.1, 0.15) is 5.56 Å². The smallest absolute Gasteiger partial charge is 0.282 e. The van der Waals surface area contributed by atoms with Crippen molar-refractivity contribution in [2.75, 3.05) is 18.0 Å². The van der Waals surface area contributed by atoms with Gasteiger partial charge in [-0.3, -0.25) is 10.1 Å². The van der Waals surface area contributed by atoms with Gasteiger partial charge in [0.05, 0.1) is 29.6 Å². The van der Waals surface area contributed by atoms with Crippen LogP contribution >= 0.6 is 0 Å². The molecule has 0 unspecified atom stereocenters. The highest BCUT2D eigenvalue weighted by Crippen LogP contribution is 2.33. The Morgan fingerprint density at radius 3 is 2.53 bits per heavy atom. The molecule has 0 spiro atoms. The van der Waals surface area contributed by atoms with E-state index in [1.165, 1.54) is 17.0 Å². The Bertz CT molecular complexity index is 517. The van der Waals surface area contributed by atoms with Crippen molar-refractivity contribution in [3.63, 3.8) is 0 Å². The maximum absolute atomic E-state index is 12.7. The van der Waals surface area contributed by atoms with Gasteiger partial charge in [0.25, 0.3) is 11.6 Å². The molecule has 2 rings (SSSR count). The number of non-ortho nitro benzene ring substituents is 1. The van der Waals surface area contributed by atoms with Crippen molar-refractivity contribution < 1.29 is 13.7 Å². The van der Waals surface area contributed by atoms with Crippen LogP contribution in [0.4, 0.5) is 20.2 Å². The molecular formula is C10H7F2N3O2. The van der Waals surface area contributed by atoms with Crippen LogP contribution < -0.4 is 4.90 Å². The van der Waals surface area contributed by atoms with Crippen molar-refractivity contribution in [3.8, 4) is 6.07 Å². The Labute approximate surface area is 95.0 Å². The fraction of sp³-hybridized carbons (Fsp3) is 0.300. The summed E-state index contributed by atoms with van der Waals surface area (Å²) in [6.45, 7) is -0.946. The second kappa shape index (κ2) is 3.66. The monoisotopic (exact) mass is 239 g/mol. The average molecular weight is 239 g/mol. The minimum Gasteiger partial charge on any atom is -0.359 e. The summed E-state index contributed by atoms with van der Waals surface area (Å²) < 4.78 is 25.3. The molecule has 0 amide bonds. The molecular weight excluding hydrogens is 232 g/mol. The van der Waals surface area contributed by atoms with Crippen LogP contribution in [-0.2, 0) is 0 Å². The van der Waals surface area contributed by atoms with Gasteiger partial charge in [0, 0.05) is 17.8 Å². The normalized spacial score (nSPS) is 17.1. The second-order valence-corrected chi connectivity index (χ2v) is 3.82. The number of rotatable bonds is 2. The van der Waals surface area contributed by atoms with E-state index in [-0.39, 0.29) is 16.9 Å². The SMILES string of the molecule is N#Cc1cc(N2CC(F)(F)C2)cc([N+](=O)[O-])c1. The summed E-state index contributed by atoms with van der Waals surface area (Å²) in [7, 11) is 0. The molecule has 1 saturated heterocycles. The number of alkyl halides is 2. The zero-order valence-electron chi connectivity index (χ0n) is 8.56. The van der Waals surface area contributed by atoms with Gasteiger partial charge in [0.15, 0.2) is 0 Å². The molecule has 1 aromatic carbocycles. The van der Waals surface area contributed by atoms with E-state index in [0.29, 0.717) is 0 Å². The number of anilines is 1. The fourth-order valence-electron chi connectivity index (χ4n) is 1.64. The van der Waals surface area contributed by atoms with Crippen LogP contribution in [0, 0.1) is 21.4 Å². The Hall–Kier alpha value is -2.23. The van der Waals surface area contributed by atoms with Gasteiger partial charge in [0.2, 0.25) is 0 Å².